The van der Waals surface area contributed by atoms with E-state index in [4.69, 9.17) is 0 Å². The van der Waals surface area contributed by atoms with Gasteiger partial charge in [-0.15, -0.1) is 12.4 Å². The largest absolute Gasteiger partial charge is 0.336 e. The molecule has 6 heteroatoms. The van der Waals surface area contributed by atoms with Crippen molar-refractivity contribution in [2.75, 3.05) is 19.6 Å². The lowest BCUT2D eigenvalue weighted by Crippen LogP contribution is -2.50. The smallest absolute Gasteiger partial charge is 0.225 e. The summed E-state index contributed by atoms with van der Waals surface area (Å²) in [6.07, 6.45) is 3.70. The fourth-order valence-corrected chi connectivity index (χ4v) is 2.23. The van der Waals surface area contributed by atoms with E-state index < -0.39 is 0 Å². The monoisotopic (exact) mass is 272 g/mol. The molecule has 1 aromatic heterocycles. The van der Waals surface area contributed by atoms with Crippen molar-refractivity contribution in [1.29, 1.82) is 0 Å². The molecule has 5 nitrogen and oxygen atoms in total. The number of aryl methyl sites for hydroxylation is 1. The van der Waals surface area contributed by atoms with E-state index in [-0.39, 0.29) is 30.3 Å². The van der Waals surface area contributed by atoms with Crippen LogP contribution in [0.4, 0.5) is 0 Å². The Bertz CT molecular complexity index is 405. The van der Waals surface area contributed by atoms with E-state index in [1.165, 1.54) is 0 Å². The number of hydrogen-bond acceptors (Lipinski definition) is 3. The van der Waals surface area contributed by atoms with Crippen LogP contribution in [0.2, 0.25) is 0 Å². The summed E-state index contributed by atoms with van der Waals surface area (Å²) >= 11 is 0. The molecule has 1 unspecified atom stereocenters. The van der Waals surface area contributed by atoms with Crippen molar-refractivity contribution < 1.29 is 4.79 Å². The standard InChI is InChI=1S/C12H20N4O.ClH/c1-9(2)12(17)16-7-4-13-8-10(16)11-14-5-6-15(11)3;/h5-6,9-10,13H,4,7-8H2,1-3H3;1H. The number of rotatable bonds is 2. The molecule has 1 aromatic rings. The van der Waals surface area contributed by atoms with E-state index in [1.54, 1.807) is 6.20 Å². The van der Waals surface area contributed by atoms with Crippen LogP contribution < -0.4 is 5.32 Å². The van der Waals surface area contributed by atoms with Gasteiger partial charge < -0.3 is 14.8 Å². The molecule has 1 atom stereocenters. The fourth-order valence-electron chi connectivity index (χ4n) is 2.23. The highest BCUT2D eigenvalue weighted by molar-refractivity contribution is 5.85. The second kappa shape index (κ2) is 6.20. The third kappa shape index (κ3) is 2.84. The van der Waals surface area contributed by atoms with E-state index in [0.29, 0.717) is 0 Å². The molecule has 1 amide bonds. The summed E-state index contributed by atoms with van der Waals surface area (Å²) < 4.78 is 1.98. The molecule has 1 aliphatic heterocycles. The Hall–Kier alpha value is -1.07. The summed E-state index contributed by atoms with van der Waals surface area (Å²) in [6.45, 7) is 6.29. The van der Waals surface area contributed by atoms with Gasteiger partial charge in [-0.1, -0.05) is 13.8 Å². The van der Waals surface area contributed by atoms with Crippen molar-refractivity contribution in [3.05, 3.63) is 18.2 Å². The van der Waals surface area contributed by atoms with Gasteiger partial charge in [-0.05, 0) is 0 Å². The maximum Gasteiger partial charge on any atom is 0.225 e. The van der Waals surface area contributed by atoms with Gasteiger partial charge in [-0.25, -0.2) is 4.98 Å². The predicted molar refractivity (Wildman–Crippen MR) is 72.6 cm³/mol. The second-order valence-corrected chi connectivity index (χ2v) is 4.80. The van der Waals surface area contributed by atoms with Crippen LogP contribution in [0.5, 0.6) is 0 Å². The third-order valence-corrected chi connectivity index (χ3v) is 3.18. The van der Waals surface area contributed by atoms with Crippen molar-refractivity contribution in [2.24, 2.45) is 13.0 Å². The summed E-state index contributed by atoms with van der Waals surface area (Å²) in [6, 6.07) is 0.0543. The Morgan fingerprint density at radius 1 is 1.56 bits per heavy atom. The fraction of sp³-hybridized carbons (Fsp3) is 0.667. The van der Waals surface area contributed by atoms with Gasteiger partial charge >= 0.3 is 0 Å². The molecule has 1 N–H and O–H groups in total. The van der Waals surface area contributed by atoms with Gasteiger partial charge in [-0.3, -0.25) is 4.79 Å². The number of nitrogens with zero attached hydrogens (tertiary/aromatic N) is 3. The molecule has 0 spiro atoms. The normalized spacial score (nSPS) is 19.8. The second-order valence-electron chi connectivity index (χ2n) is 4.80. The Morgan fingerprint density at radius 2 is 2.28 bits per heavy atom. The minimum Gasteiger partial charge on any atom is -0.336 e. The summed E-state index contributed by atoms with van der Waals surface area (Å²) in [5.74, 6) is 1.20. The van der Waals surface area contributed by atoms with Gasteiger partial charge in [0.15, 0.2) is 0 Å². The van der Waals surface area contributed by atoms with Crippen LogP contribution in [-0.4, -0.2) is 40.0 Å². The Balaban J connectivity index is 0.00000162. The highest BCUT2D eigenvalue weighted by Crippen LogP contribution is 2.22. The molecule has 0 aromatic carbocycles. The van der Waals surface area contributed by atoms with Crippen LogP contribution in [0.3, 0.4) is 0 Å². The van der Waals surface area contributed by atoms with Crippen molar-refractivity contribution >= 4 is 18.3 Å². The topological polar surface area (TPSA) is 50.2 Å². The molecule has 2 rings (SSSR count). The Kier molecular flexibility index (Phi) is 5.16. The van der Waals surface area contributed by atoms with E-state index in [1.807, 2.05) is 36.6 Å². The van der Waals surface area contributed by atoms with Crippen molar-refractivity contribution in [3.8, 4) is 0 Å². The number of hydrogen-bond donors (Lipinski definition) is 1. The van der Waals surface area contributed by atoms with Crippen molar-refractivity contribution in [3.63, 3.8) is 0 Å². The Morgan fingerprint density at radius 3 is 2.83 bits per heavy atom. The quantitative estimate of drug-likeness (QED) is 0.873. The van der Waals surface area contributed by atoms with E-state index in [9.17, 15) is 4.79 Å². The van der Waals surface area contributed by atoms with Crippen LogP contribution in [-0.2, 0) is 11.8 Å². The van der Waals surface area contributed by atoms with Crippen molar-refractivity contribution in [1.82, 2.24) is 19.8 Å². The van der Waals surface area contributed by atoms with Crippen LogP contribution in [0.15, 0.2) is 12.4 Å². The van der Waals surface area contributed by atoms with Gasteiger partial charge in [0.1, 0.15) is 11.9 Å². The lowest BCUT2D eigenvalue weighted by Gasteiger charge is -2.36. The minimum atomic E-state index is 0. The molecule has 18 heavy (non-hydrogen) atoms. The van der Waals surface area contributed by atoms with Crippen LogP contribution in [0.25, 0.3) is 0 Å². The first-order chi connectivity index (χ1) is 8.11. The summed E-state index contributed by atoms with van der Waals surface area (Å²) in [5.41, 5.74) is 0. The SMILES string of the molecule is CC(C)C(=O)N1CCNCC1c1nccn1C.Cl. The van der Waals surface area contributed by atoms with Gasteiger partial charge in [0, 0.05) is 45.0 Å². The lowest BCUT2D eigenvalue weighted by molar-refractivity contribution is -0.138. The molecule has 0 radical (unpaired) electrons. The molecule has 102 valence electrons. The Labute approximate surface area is 114 Å². The van der Waals surface area contributed by atoms with E-state index in [0.717, 1.165) is 25.5 Å². The number of aromatic nitrogens is 2. The summed E-state index contributed by atoms with van der Waals surface area (Å²) in [4.78, 5) is 18.5. The zero-order valence-electron chi connectivity index (χ0n) is 11.1. The van der Waals surface area contributed by atoms with Crippen LogP contribution in [0, 0.1) is 5.92 Å². The van der Waals surface area contributed by atoms with E-state index in [2.05, 4.69) is 10.3 Å². The number of carbonyl (C=O) groups excluding carboxylic acids is 1. The lowest BCUT2D eigenvalue weighted by atomic mass is 10.1. The van der Waals surface area contributed by atoms with Crippen LogP contribution in [0.1, 0.15) is 25.7 Å². The predicted octanol–water partition coefficient (Wildman–Crippen LogP) is 0.971. The average molecular weight is 273 g/mol. The maximum atomic E-state index is 12.2. The highest BCUT2D eigenvalue weighted by atomic mass is 35.5. The van der Waals surface area contributed by atoms with Gasteiger partial charge in [0.05, 0.1) is 0 Å². The van der Waals surface area contributed by atoms with Gasteiger partial charge in [0.25, 0.3) is 0 Å². The first-order valence-corrected chi connectivity index (χ1v) is 6.09. The molecule has 1 fully saturated rings. The molecular formula is C12H21ClN4O. The number of imidazole rings is 1. The number of amides is 1. The molecule has 1 saturated heterocycles. The molecule has 0 saturated carbocycles. The first-order valence-electron chi connectivity index (χ1n) is 6.09. The van der Waals surface area contributed by atoms with Gasteiger partial charge in [0.2, 0.25) is 5.91 Å². The van der Waals surface area contributed by atoms with Crippen LogP contribution >= 0.6 is 12.4 Å². The number of halogens is 1. The molecule has 1 aliphatic rings. The van der Waals surface area contributed by atoms with Gasteiger partial charge in [-0.2, -0.15) is 0 Å². The summed E-state index contributed by atoms with van der Waals surface area (Å²) in [5, 5.41) is 3.33. The maximum absolute atomic E-state index is 12.2. The number of nitrogens with one attached hydrogen (secondary N) is 1. The molecule has 0 bridgehead atoms. The number of piperazine rings is 1. The highest BCUT2D eigenvalue weighted by Gasteiger charge is 2.31. The molecule has 0 aliphatic carbocycles. The van der Waals surface area contributed by atoms with Crippen molar-refractivity contribution in [2.45, 2.75) is 19.9 Å². The zero-order valence-corrected chi connectivity index (χ0v) is 11.9. The molecule has 2 heterocycles. The molecular weight excluding hydrogens is 252 g/mol. The first kappa shape index (κ1) is 15.0. The third-order valence-electron chi connectivity index (χ3n) is 3.18. The minimum absolute atomic E-state index is 0. The number of carbonyl (C=O) groups is 1. The summed E-state index contributed by atoms with van der Waals surface area (Å²) in [7, 11) is 1.97. The van der Waals surface area contributed by atoms with E-state index >= 15 is 0 Å². The average Bonchev–Trinajstić information content (AvgIpc) is 2.74. The zero-order chi connectivity index (χ0) is 12.4.